The van der Waals surface area contributed by atoms with Gasteiger partial charge in [-0.05, 0) is 48.9 Å². The Kier molecular flexibility index (Phi) is 6.56. The molecule has 0 bridgehead atoms. The molecule has 0 atom stereocenters. The molecule has 1 heterocycles. The molecule has 3 aromatic rings. The van der Waals surface area contributed by atoms with E-state index in [2.05, 4.69) is 22.3 Å². The number of esters is 1. The molecule has 0 radical (unpaired) electrons. The summed E-state index contributed by atoms with van der Waals surface area (Å²) in [4.78, 5) is 22.7. The minimum absolute atomic E-state index is 0.0196. The smallest absolute Gasteiger partial charge is 0.374 e. The highest BCUT2D eigenvalue weighted by Crippen LogP contribution is 2.16. The summed E-state index contributed by atoms with van der Waals surface area (Å²) in [5.74, 6) is -0.849. The van der Waals surface area contributed by atoms with E-state index in [-0.39, 0.29) is 13.2 Å². The Hall–Kier alpha value is -3.26. The number of aromatic nitrogens is 1. The fraction of sp³-hybridized carbons (Fsp3) is 0.238. The summed E-state index contributed by atoms with van der Waals surface area (Å²) in [5, 5.41) is 8.76. The van der Waals surface area contributed by atoms with Gasteiger partial charge < -0.3 is 14.0 Å². The third kappa shape index (κ3) is 5.17. The number of para-hydroxylation sites is 1. The summed E-state index contributed by atoms with van der Waals surface area (Å²) in [7, 11) is 1.97. The molecule has 7 nitrogen and oxygen atoms in total. The maximum Gasteiger partial charge on any atom is 0.374 e. The minimum atomic E-state index is -0.855. The predicted molar refractivity (Wildman–Crippen MR) is 112 cm³/mol. The van der Waals surface area contributed by atoms with E-state index >= 15 is 0 Å². The van der Waals surface area contributed by atoms with Crippen molar-refractivity contribution in [2.75, 3.05) is 13.2 Å². The van der Waals surface area contributed by atoms with Gasteiger partial charge in [0, 0.05) is 14.0 Å². The van der Waals surface area contributed by atoms with Gasteiger partial charge in [0.05, 0.1) is 15.9 Å². The lowest BCUT2D eigenvalue weighted by Gasteiger charge is -2.07. The number of nitrogens with zero attached hydrogens (tertiary/aromatic N) is 3. The van der Waals surface area contributed by atoms with Crippen molar-refractivity contribution in [1.29, 1.82) is 0 Å². The molecule has 3 rings (SSSR count). The molecule has 0 N–H and O–H groups in total. The number of ether oxygens (including phenoxy) is 2. The molecule has 29 heavy (non-hydrogen) atoms. The molecular weight excluding hydrogens is 390 g/mol. The average Bonchev–Trinajstić information content (AvgIpc) is 3.05. The summed E-state index contributed by atoms with van der Waals surface area (Å²) >= 11 is 1.59. The molecule has 0 aliphatic rings. The van der Waals surface area contributed by atoms with Crippen molar-refractivity contribution in [3.63, 3.8) is 0 Å². The molecule has 8 heteroatoms. The first-order chi connectivity index (χ1) is 14.0. The van der Waals surface area contributed by atoms with Gasteiger partial charge in [-0.15, -0.1) is 5.10 Å². The van der Waals surface area contributed by atoms with Crippen LogP contribution in [0.25, 0.3) is 10.2 Å². The number of ketones is 1. The van der Waals surface area contributed by atoms with Crippen LogP contribution in [0.4, 0.5) is 0 Å². The molecule has 1 aromatic heterocycles. The second-order valence-electron chi connectivity index (χ2n) is 6.26. The van der Waals surface area contributed by atoms with Gasteiger partial charge in [0.25, 0.3) is 0 Å². The number of rotatable bonds is 7. The van der Waals surface area contributed by atoms with Crippen LogP contribution in [0, 0.1) is 0 Å². The molecule has 0 saturated carbocycles. The zero-order chi connectivity index (χ0) is 20.8. The lowest BCUT2D eigenvalue weighted by molar-refractivity contribution is -0.153. The van der Waals surface area contributed by atoms with Crippen molar-refractivity contribution in [3.05, 3.63) is 58.9 Å². The Morgan fingerprint density at radius 2 is 1.76 bits per heavy atom. The van der Waals surface area contributed by atoms with Crippen LogP contribution in [0.2, 0.25) is 0 Å². The van der Waals surface area contributed by atoms with Gasteiger partial charge >= 0.3 is 5.97 Å². The second kappa shape index (κ2) is 9.29. The van der Waals surface area contributed by atoms with Crippen LogP contribution in [-0.2, 0) is 21.4 Å². The van der Waals surface area contributed by atoms with E-state index in [1.54, 1.807) is 23.5 Å². The second-order valence-corrected chi connectivity index (χ2v) is 7.27. The Bertz CT molecular complexity index is 1130. The van der Waals surface area contributed by atoms with Gasteiger partial charge in [0.1, 0.15) is 19.0 Å². The summed E-state index contributed by atoms with van der Waals surface area (Å²) in [6.07, 6.45) is 0. The molecule has 150 valence electrons. The minimum Gasteiger partial charge on any atom is -0.490 e. The zero-order valence-corrected chi connectivity index (χ0v) is 17.2. The number of carbonyl (C=O) groups is 2. The fourth-order valence-electron chi connectivity index (χ4n) is 2.54. The highest BCUT2D eigenvalue weighted by Gasteiger charge is 2.08. The van der Waals surface area contributed by atoms with Crippen molar-refractivity contribution in [2.45, 2.75) is 13.8 Å². The standard InChI is InChI=1S/C21H21N3O4S/c1-14(22-23-21-24(3)18-6-4-5-7-19(18)29-21)16-8-10-17(11-9-16)27-12-13-28-20(26)15(2)25/h4-11H,12-13H2,1-3H3/b22-14-,23-21-. The average molecular weight is 411 g/mol. The Labute approximate surface area is 171 Å². The number of Topliss-reactive ketones (excluding diaryl/α,β-unsaturated/α-hetero) is 1. The number of hydrogen-bond donors (Lipinski definition) is 0. The topological polar surface area (TPSA) is 82.2 Å². The number of aryl methyl sites for hydroxylation is 1. The Morgan fingerprint density at radius 3 is 2.45 bits per heavy atom. The van der Waals surface area contributed by atoms with Gasteiger partial charge in [-0.2, -0.15) is 5.10 Å². The number of thiazole rings is 1. The molecule has 0 saturated heterocycles. The van der Waals surface area contributed by atoms with E-state index in [9.17, 15) is 9.59 Å². The van der Waals surface area contributed by atoms with Crippen LogP contribution in [0.5, 0.6) is 5.75 Å². The number of benzene rings is 2. The number of fused-ring (bicyclic) bond motifs is 1. The first kappa shape index (κ1) is 20.5. The lowest BCUT2D eigenvalue weighted by Crippen LogP contribution is -2.17. The van der Waals surface area contributed by atoms with Crippen LogP contribution in [0.1, 0.15) is 19.4 Å². The number of hydrogen-bond acceptors (Lipinski definition) is 7. The monoisotopic (exact) mass is 411 g/mol. The zero-order valence-electron chi connectivity index (χ0n) is 16.4. The first-order valence-electron chi connectivity index (χ1n) is 8.99. The molecule has 0 aliphatic heterocycles. The van der Waals surface area contributed by atoms with Crippen LogP contribution >= 0.6 is 11.3 Å². The molecule has 0 amide bonds. The summed E-state index contributed by atoms with van der Waals surface area (Å²) in [6.45, 7) is 3.25. The molecule has 0 aliphatic carbocycles. The van der Waals surface area contributed by atoms with Gasteiger partial charge in [0.2, 0.25) is 10.6 Å². The van der Waals surface area contributed by atoms with Gasteiger partial charge in [0.15, 0.2) is 0 Å². The Morgan fingerprint density at radius 1 is 1.03 bits per heavy atom. The summed E-state index contributed by atoms with van der Waals surface area (Å²) in [5.41, 5.74) is 2.83. The van der Waals surface area contributed by atoms with E-state index in [4.69, 9.17) is 9.47 Å². The SMILES string of the molecule is CC(=O)C(=O)OCCOc1ccc(/C(C)=N\N=c2/sc3ccccc3n2C)cc1. The molecule has 0 spiro atoms. The van der Waals surface area contributed by atoms with E-state index < -0.39 is 11.8 Å². The van der Waals surface area contributed by atoms with Crippen LogP contribution < -0.4 is 9.54 Å². The highest BCUT2D eigenvalue weighted by atomic mass is 32.1. The normalized spacial score (nSPS) is 12.2. The highest BCUT2D eigenvalue weighted by molar-refractivity contribution is 7.16. The van der Waals surface area contributed by atoms with Gasteiger partial charge in [-0.1, -0.05) is 23.5 Å². The lowest BCUT2D eigenvalue weighted by atomic mass is 10.1. The quantitative estimate of drug-likeness (QED) is 0.197. The third-order valence-electron chi connectivity index (χ3n) is 4.15. The summed E-state index contributed by atoms with van der Waals surface area (Å²) in [6, 6.07) is 15.5. The van der Waals surface area contributed by atoms with E-state index in [0.717, 1.165) is 26.3 Å². The van der Waals surface area contributed by atoms with Crippen molar-refractivity contribution in [3.8, 4) is 5.75 Å². The van der Waals surface area contributed by atoms with Crippen LogP contribution in [0.3, 0.4) is 0 Å². The van der Waals surface area contributed by atoms with Gasteiger partial charge in [-0.3, -0.25) is 4.79 Å². The van der Waals surface area contributed by atoms with Crippen LogP contribution in [0.15, 0.2) is 58.7 Å². The molecule has 0 unspecified atom stereocenters. The third-order valence-corrected chi connectivity index (χ3v) is 5.25. The van der Waals surface area contributed by atoms with E-state index in [0.29, 0.717) is 5.75 Å². The maximum absolute atomic E-state index is 11.1. The Balaban J connectivity index is 1.63. The molecule has 0 fully saturated rings. The van der Waals surface area contributed by atoms with Gasteiger partial charge in [-0.25, -0.2) is 4.79 Å². The fourth-order valence-corrected chi connectivity index (χ4v) is 3.51. The molecular formula is C21H21N3O4S. The number of carbonyl (C=O) groups excluding carboxylic acids is 2. The molecule has 2 aromatic carbocycles. The first-order valence-corrected chi connectivity index (χ1v) is 9.81. The van der Waals surface area contributed by atoms with Crippen molar-refractivity contribution >= 4 is 39.0 Å². The maximum atomic E-state index is 11.1. The van der Waals surface area contributed by atoms with E-state index in [1.807, 2.05) is 42.8 Å². The van der Waals surface area contributed by atoms with E-state index in [1.165, 1.54) is 6.92 Å². The van der Waals surface area contributed by atoms with Crippen LogP contribution in [-0.4, -0.2) is 35.2 Å². The van der Waals surface area contributed by atoms with Crippen molar-refractivity contribution in [1.82, 2.24) is 4.57 Å². The summed E-state index contributed by atoms with van der Waals surface area (Å²) < 4.78 is 13.4. The van der Waals surface area contributed by atoms with Crippen molar-refractivity contribution in [2.24, 2.45) is 17.3 Å². The predicted octanol–water partition coefficient (Wildman–Crippen LogP) is 3.08. The van der Waals surface area contributed by atoms with Crippen molar-refractivity contribution < 1.29 is 19.1 Å². The largest absolute Gasteiger partial charge is 0.490 e.